The standard InChI is InChI=1S/C28H33BrN4O3Si.C25H22N6O2.C6H16OSi/c1-32(2)28(34)22-15-19(11-12-24(22)29)20-16-23-26(21-9-7-8-10-25(21)35-3)31-33(27(23)30-17-20)18-36-13-14-37(4,5)6;1-31(2)25(32)20-10-15(8-9-18(20)17-13-27-28-14-17)16-11-21-23(29-30-24(21)26-12-16)19-6-4-5-7-22(19)33-3;1-7-5-6-8(2,3)4/h7-12,15-17H,13-14,18H2,1-6H3;4-14H,1-3H3,(H,27,28)(H,26,29,30);5-6H2,1-4H3. The van der Waals surface area contributed by atoms with Crippen LogP contribution in [0.25, 0.3) is 78.0 Å². The topological polar surface area (TPSA) is 178 Å². The van der Waals surface area contributed by atoms with Crippen LogP contribution in [0.1, 0.15) is 20.7 Å². The van der Waals surface area contributed by atoms with Crippen molar-refractivity contribution < 1.29 is 28.5 Å². The fourth-order valence-corrected chi connectivity index (χ4v) is 10.3. The van der Waals surface area contributed by atoms with Gasteiger partial charge in [0.15, 0.2) is 11.3 Å². The van der Waals surface area contributed by atoms with E-state index in [1.165, 1.54) is 6.04 Å². The number of carbonyl (C=O) groups is 2. The number of hydrogen-bond acceptors (Lipinski definition) is 11. The van der Waals surface area contributed by atoms with Crippen LogP contribution in [0, 0.1) is 0 Å². The Labute approximate surface area is 467 Å². The lowest BCUT2D eigenvalue weighted by atomic mass is 9.95. The molecule has 0 aliphatic carbocycles. The van der Waals surface area contributed by atoms with E-state index in [0.717, 1.165) is 101 Å². The van der Waals surface area contributed by atoms with Crippen molar-refractivity contribution in [2.24, 2.45) is 0 Å². The summed E-state index contributed by atoms with van der Waals surface area (Å²) in [6.45, 7) is 16.0. The van der Waals surface area contributed by atoms with Crippen LogP contribution in [-0.2, 0) is 16.2 Å². The van der Waals surface area contributed by atoms with E-state index in [9.17, 15) is 9.59 Å². The first kappa shape index (κ1) is 58.4. The Morgan fingerprint density at radius 2 is 1.21 bits per heavy atom. The van der Waals surface area contributed by atoms with E-state index in [1.807, 2.05) is 102 Å². The largest absolute Gasteiger partial charge is 0.496 e. The molecule has 0 saturated heterocycles. The predicted molar refractivity (Wildman–Crippen MR) is 322 cm³/mol. The summed E-state index contributed by atoms with van der Waals surface area (Å²) < 4.78 is 24.7. The number of pyridine rings is 2. The fraction of sp³-hybridized carbons (Fsp3) is 0.305. The van der Waals surface area contributed by atoms with Crippen molar-refractivity contribution in [2.45, 2.75) is 58.1 Å². The normalized spacial score (nSPS) is 11.4. The van der Waals surface area contributed by atoms with Gasteiger partial charge in [0.25, 0.3) is 11.8 Å². The molecule has 2 amide bonds. The number of H-pyrrole nitrogens is 2. The van der Waals surface area contributed by atoms with Gasteiger partial charge in [0.1, 0.15) is 23.9 Å². The number of carbonyl (C=O) groups excluding carboxylic acids is 2. The summed E-state index contributed by atoms with van der Waals surface area (Å²) in [7, 11) is 10.0. The quantitative estimate of drug-likeness (QED) is 0.0655. The molecule has 0 atom stereocenters. The Bertz CT molecular complexity index is 3490. The van der Waals surface area contributed by atoms with E-state index in [1.54, 1.807) is 77.9 Å². The summed E-state index contributed by atoms with van der Waals surface area (Å²) >= 11 is 3.51. The summed E-state index contributed by atoms with van der Waals surface area (Å²) in [5, 5.41) is 21.0. The second-order valence-corrected chi connectivity index (χ2v) is 33.6. The Kier molecular flexibility index (Phi) is 19.4. The first-order valence-electron chi connectivity index (χ1n) is 25.6. The zero-order valence-corrected chi connectivity index (χ0v) is 50.6. The lowest BCUT2D eigenvalue weighted by Gasteiger charge is -2.15. The molecule has 9 aromatic rings. The SMILES string of the molecule is COCC[Si](C)(C)C.COc1ccccc1-c1[nH]nc2ncc(-c3ccc(-c4cn[nH]c4)c(C(=O)N(C)C)c3)cc12.COc1ccccc1-c1nn(COCC[Si](C)(C)C)c2ncc(-c3ccc(Br)c(C(=O)N(C)C)c3)cc12. The highest BCUT2D eigenvalue weighted by Gasteiger charge is 2.22. The third-order valence-electron chi connectivity index (χ3n) is 12.7. The summed E-state index contributed by atoms with van der Waals surface area (Å²) in [6, 6.07) is 33.7. The van der Waals surface area contributed by atoms with Crippen LogP contribution in [0.5, 0.6) is 11.5 Å². The van der Waals surface area contributed by atoms with E-state index >= 15 is 0 Å². The van der Waals surface area contributed by atoms with Gasteiger partial charge in [-0.2, -0.15) is 15.3 Å². The number of amides is 2. The lowest BCUT2D eigenvalue weighted by Crippen LogP contribution is -2.22. The number of nitrogens with zero attached hydrogens (tertiary/aromatic N) is 8. The van der Waals surface area contributed by atoms with Crippen molar-refractivity contribution in [1.29, 1.82) is 0 Å². The Morgan fingerprint density at radius 3 is 1.81 bits per heavy atom. The van der Waals surface area contributed by atoms with Crippen LogP contribution in [0.3, 0.4) is 0 Å². The van der Waals surface area contributed by atoms with Gasteiger partial charge in [-0.15, -0.1) is 0 Å². The first-order valence-corrected chi connectivity index (χ1v) is 33.8. The van der Waals surface area contributed by atoms with Crippen molar-refractivity contribution in [3.8, 4) is 67.4 Å². The fourth-order valence-electron chi connectivity index (χ4n) is 8.30. The van der Waals surface area contributed by atoms with Gasteiger partial charge < -0.3 is 28.7 Å². The van der Waals surface area contributed by atoms with E-state index < -0.39 is 16.1 Å². The van der Waals surface area contributed by atoms with Gasteiger partial charge in [-0.05, 0) is 99.3 Å². The molecular formula is C59H71BrN10O6Si2. The average molecular weight is 1150 g/mol. The highest BCUT2D eigenvalue weighted by Crippen LogP contribution is 2.38. The van der Waals surface area contributed by atoms with Crippen LogP contribution in [0.15, 0.2) is 126 Å². The molecule has 408 valence electrons. The maximum absolute atomic E-state index is 13.0. The van der Waals surface area contributed by atoms with Gasteiger partial charge in [-0.25, -0.2) is 14.6 Å². The number of aromatic nitrogens is 8. The number of para-hydroxylation sites is 2. The molecule has 2 N–H and O–H groups in total. The number of hydrogen-bond donors (Lipinski definition) is 2. The molecule has 0 saturated carbocycles. The molecule has 0 aliphatic heterocycles. The number of halogens is 1. The molecule has 9 rings (SSSR count). The van der Waals surface area contributed by atoms with Crippen molar-refractivity contribution in [3.63, 3.8) is 0 Å². The minimum atomic E-state index is -1.20. The van der Waals surface area contributed by atoms with Crippen molar-refractivity contribution >= 4 is 66.0 Å². The number of methoxy groups -OCH3 is 3. The van der Waals surface area contributed by atoms with E-state index in [-0.39, 0.29) is 11.8 Å². The highest BCUT2D eigenvalue weighted by molar-refractivity contribution is 9.10. The second kappa shape index (κ2) is 25.9. The molecule has 0 spiro atoms. The lowest BCUT2D eigenvalue weighted by molar-refractivity contribution is 0.0814. The van der Waals surface area contributed by atoms with Crippen LogP contribution < -0.4 is 9.47 Å². The number of ether oxygens (including phenoxy) is 4. The maximum atomic E-state index is 13.0. The van der Waals surface area contributed by atoms with Crippen LogP contribution >= 0.6 is 15.9 Å². The van der Waals surface area contributed by atoms with Crippen LogP contribution in [0.4, 0.5) is 0 Å². The number of aromatic amines is 2. The molecule has 0 radical (unpaired) electrons. The zero-order valence-electron chi connectivity index (χ0n) is 47.0. The zero-order chi connectivity index (χ0) is 56.3. The van der Waals surface area contributed by atoms with Gasteiger partial charge in [0, 0.05) is 132 Å². The summed E-state index contributed by atoms with van der Waals surface area (Å²) in [5.74, 6) is 1.33. The van der Waals surface area contributed by atoms with Gasteiger partial charge >= 0.3 is 0 Å². The van der Waals surface area contributed by atoms with Gasteiger partial charge in [0.05, 0.1) is 31.7 Å². The highest BCUT2D eigenvalue weighted by atomic mass is 79.9. The molecule has 4 aromatic carbocycles. The molecule has 0 aliphatic rings. The minimum Gasteiger partial charge on any atom is -0.496 e. The smallest absolute Gasteiger partial charge is 0.254 e. The Hall–Kier alpha value is -7.30. The Balaban J connectivity index is 0.000000199. The number of rotatable bonds is 17. The minimum absolute atomic E-state index is 0.0687. The summed E-state index contributed by atoms with van der Waals surface area (Å²) in [6.07, 6.45) is 7.08. The van der Waals surface area contributed by atoms with E-state index in [4.69, 9.17) is 29.0 Å². The summed E-state index contributed by atoms with van der Waals surface area (Å²) in [5.41, 5.74) is 11.2. The number of nitrogens with one attached hydrogen (secondary N) is 2. The number of benzene rings is 4. The number of fused-ring (bicyclic) bond motifs is 2. The van der Waals surface area contributed by atoms with Crippen LogP contribution in [-0.4, -0.2) is 141 Å². The van der Waals surface area contributed by atoms with Crippen molar-refractivity contribution in [3.05, 3.63) is 137 Å². The molecule has 0 unspecified atom stereocenters. The van der Waals surface area contributed by atoms with E-state index in [2.05, 4.69) is 86.7 Å². The Morgan fingerprint density at radius 1 is 0.628 bits per heavy atom. The second-order valence-electron chi connectivity index (χ2n) is 21.5. The molecular weight excluding hydrogens is 1080 g/mol. The van der Waals surface area contributed by atoms with Gasteiger partial charge in [-0.3, -0.25) is 19.8 Å². The molecule has 19 heteroatoms. The third kappa shape index (κ3) is 14.4. The van der Waals surface area contributed by atoms with Gasteiger partial charge in [0.2, 0.25) is 0 Å². The average Bonchev–Trinajstić information content (AvgIpc) is 4.28. The molecule has 16 nitrogen and oxygen atoms in total. The predicted octanol–water partition coefficient (Wildman–Crippen LogP) is 12.9. The molecule has 0 bridgehead atoms. The van der Waals surface area contributed by atoms with Crippen molar-refractivity contribution in [1.82, 2.24) is 49.9 Å². The summed E-state index contributed by atoms with van der Waals surface area (Å²) in [4.78, 5) is 38.2. The van der Waals surface area contributed by atoms with E-state index in [0.29, 0.717) is 30.1 Å². The molecule has 5 heterocycles. The van der Waals surface area contributed by atoms with Gasteiger partial charge in [-0.1, -0.05) is 81.7 Å². The maximum Gasteiger partial charge on any atom is 0.254 e. The van der Waals surface area contributed by atoms with Crippen LogP contribution in [0.2, 0.25) is 51.4 Å². The monoisotopic (exact) mass is 1150 g/mol. The first-order chi connectivity index (χ1) is 37.2. The molecule has 5 aromatic heterocycles. The van der Waals surface area contributed by atoms with Crippen molar-refractivity contribution in [2.75, 3.05) is 62.7 Å². The third-order valence-corrected chi connectivity index (χ3v) is 16.8. The molecule has 78 heavy (non-hydrogen) atoms. The molecule has 0 fully saturated rings.